The molecule has 0 heterocycles. The fourth-order valence-electron chi connectivity index (χ4n) is 2.40. The molecule has 1 rings (SSSR count). The summed E-state index contributed by atoms with van der Waals surface area (Å²) in [5, 5.41) is 13.3. The highest BCUT2D eigenvalue weighted by Gasteiger charge is 2.26. The second kappa shape index (κ2) is 8.06. The van der Waals surface area contributed by atoms with Crippen molar-refractivity contribution >= 4 is 0 Å². The molecule has 1 aliphatic rings. The zero-order valence-electron chi connectivity index (χ0n) is 11.5. The van der Waals surface area contributed by atoms with Gasteiger partial charge in [0, 0.05) is 18.7 Å². The Labute approximate surface area is 106 Å². The maximum atomic E-state index is 9.81. The van der Waals surface area contributed by atoms with Crippen molar-refractivity contribution in [2.75, 3.05) is 19.8 Å². The maximum absolute atomic E-state index is 9.81. The zero-order valence-corrected chi connectivity index (χ0v) is 11.5. The van der Waals surface area contributed by atoms with Gasteiger partial charge in [0.05, 0.1) is 12.7 Å². The van der Waals surface area contributed by atoms with Gasteiger partial charge in [-0.3, -0.25) is 0 Å². The van der Waals surface area contributed by atoms with Gasteiger partial charge in [-0.1, -0.05) is 32.6 Å². The molecular formula is C14H29NO2. The number of rotatable bonds is 8. The molecule has 0 saturated heterocycles. The fraction of sp³-hybridized carbons (Fsp3) is 1.00. The van der Waals surface area contributed by atoms with Crippen LogP contribution in [0.5, 0.6) is 0 Å². The van der Waals surface area contributed by atoms with Crippen molar-refractivity contribution in [1.29, 1.82) is 0 Å². The maximum Gasteiger partial charge on any atom is 0.0897 e. The minimum absolute atomic E-state index is 0.239. The van der Waals surface area contributed by atoms with Gasteiger partial charge in [0.2, 0.25) is 0 Å². The van der Waals surface area contributed by atoms with Crippen LogP contribution in [0.15, 0.2) is 0 Å². The average molecular weight is 243 g/mol. The van der Waals surface area contributed by atoms with Gasteiger partial charge in [0.25, 0.3) is 0 Å². The summed E-state index contributed by atoms with van der Waals surface area (Å²) in [5.41, 5.74) is 0.239. The molecular weight excluding hydrogens is 214 g/mol. The molecule has 0 aromatic heterocycles. The van der Waals surface area contributed by atoms with Gasteiger partial charge >= 0.3 is 0 Å². The summed E-state index contributed by atoms with van der Waals surface area (Å²) in [4.78, 5) is 0. The van der Waals surface area contributed by atoms with Crippen molar-refractivity contribution < 1.29 is 9.84 Å². The quantitative estimate of drug-likeness (QED) is 0.644. The van der Waals surface area contributed by atoms with Crippen molar-refractivity contribution in [1.82, 2.24) is 5.32 Å². The van der Waals surface area contributed by atoms with E-state index in [1.165, 1.54) is 32.1 Å². The number of aliphatic hydroxyl groups is 1. The average Bonchev–Trinajstić information content (AvgIpc) is 2.33. The normalized spacial score (nSPS) is 21.4. The number of ether oxygens (including phenoxy) is 1. The Kier molecular flexibility index (Phi) is 7.09. The summed E-state index contributed by atoms with van der Waals surface area (Å²) in [6.45, 7) is 6.30. The Morgan fingerprint density at radius 1 is 1.29 bits per heavy atom. The lowest BCUT2D eigenvalue weighted by atomic mass is 9.83. The molecule has 1 aliphatic carbocycles. The van der Waals surface area contributed by atoms with Crippen molar-refractivity contribution in [3.63, 3.8) is 0 Å². The first-order valence-corrected chi connectivity index (χ1v) is 7.17. The van der Waals surface area contributed by atoms with Crippen LogP contribution in [-0.2, 0) is 4.74 Å². The smallest absolute Gasteiger partial charge is 0.0897 e. The molecule has 0 aromatic rings. The fourth-order valence-corrected chi connectivity index (χ4v) is 2.40. The Balaban J connectivity index is 2.07. The molecule has 0 radical (unpaired) electrons. The molecule has 102 valence electrons. The number of hydrogen-bond acceptors (Lipinski definition) is 3. The third-order valence-corrected chi connectivity index (χ3v) is 3.67. The number of hydrogen-bond donors (Lipinski definition) is 2. The van der Waals surface area contributed by atoms with Gasteiger partial charge in [-0.15, -0.1) is 0 Å². The summed E-state index contributed by atoms with van der Waals surface area (Å²) in [5.74, 6) is 0. The summed E-state index contributed by atoms with van der Waals surface area (Å²) in [7, 11) is 0. The molecule has 2 N–H and O–H groups in total. The number of β-amino-alcohol motifs (C(OH)–C–C–N with tert-alkyl or cyclic N) is 1. The van der Waals surface area contributed by atoms with Crippen LogP contribution in [0.3, 0.4) is 0 Å². The molecule has 0 amide bonds. The van der Waals surface area contributed by atoms with E-state index in [1.807, 2.05) is 0 Å². The molecule has 3 heteroatoms. The summed E-state index contributed by atoms with van der Waals surface area (Å²) in [6, 6.07) is 0. The van der Waals surface area contributed by atoms with Crippen LogP contribution in [0.4, 0.5) is 0 Å². The van der Waals surface area contributed by atoms with E-state index in [9.17, 15) is 5.11 Å². The first kappa shape index (κ1) is 14.9. The molecule has 1 saturated carbocycles. The molecule has 17 heavy (non-hydrogen) atoms. The minimum atomic E-state index is -0.370. The van der Waals surface area contributed by atoms with Gasteiger partial charge in [-0.05, 0) is 26.2 Å². The SMILES string of the molecule is CCCCOCC(O)CNC1(C)CCCCC1. The highest BCUT2D eigenvalue weighted by Crippen LogP contribution is 2.27. The highest BCUT2D eigenvalue weighted by atomic mass is 16.5. The summed E-state index contributed by atoms with van der Waals surface area (Å²) >= 11 is 0. The van der Waals surface area contributed by atoms with Crippen LogP contribution in [0.25, 0.3) is 0 Å². The third-order valence-electron chi connectivity index (χ3n) is 3.67. The number of unbranched alkanes of at least 4 members (excludes halogenated alkanes) is 1. The highest BCUT2D eigenvalue weighted by molar-refractivity contribution is 4.86. The van der Waals surface area contributed by atoms with E-state index in [-0.39, 0.29) is 11.6 Å². The van der Waals surface area contributed by atoms with E-state index < -0.39 is 0 Å². The van der Waals surface area contributed by atoms with E-state index in [0.717, 1.165) is 19.4 Å². The minimum Gasteiger partial charge on any atom is -0.389 e. The predicted molar refractivity (Wildman–Crippen MR) is 71.2 cm³/mol. The van der Waals surface area contributed by atoms with Crippen LogP contribution in [0, 0.1) is 0 Å². The molecule has 1 unspecified atom stereocenters. The predicted octanol–water partition coefficient (Wildman–Crippen LogP) is 2.48. The zero-order chi connectivity index (χ0) is 12.6. The van der Waals surface area contributed by atoms with Crippen molar-refractivity contribution in [3.05, 3.63) is 0 Å². The second-order valence-corrected chi connectivity index (χ2v) is 5.58. The topological polar surface area (TPSA) is 41.5 Å². The summed E-state index contributed by atoms with van der Waals surface area (Å²) in [6.07, 6.45) is 8.31. The molecule has 0 bridgehead atoms. The van der Waals surface area contributed by atoms with Crippen molar-refractivity contribution in [2.45, 2.75) is 70.4 Å². The largest absolute Gasteiger partial charge is 0.389 e. The number of nitrogens with one attached hydrogen (secondary N) is 1. The molecule has 0 aromatic carbocycles. The molecule has 1 atom stereocenters. The molecule has 3 nitrogen and oxygen atoms in total. The lowest BCUT2D eigenvalue weighted by Crippen LogP contribution is -2.47. The van der Waals surface area contributed by atoms with Gasteiger partial charge in [-0.25, -0.2) is 0 Å². The standard InChI is InChI=1S/C14H29NO2/c1-3-4-10-17-12-13(16)11-15-14(2)8-6-5-7-9-14/h13,15-16H,3-12H2,1-2H3. The van der Waals surface area contributed by atoms with Crippen LogP contribution < -0.4 is 5.32 Å². The Hall–Kier alpha value is -0.120. The Morgan fingerprint density at radius 3 is 2.65 bits per heavy atom. The Morgan fingerprint density at radius 2 is 2.00 bits per heavy atom. The first-order valence-electron chi connectivity index (χ1n) is 7.17. The van der Waals surface area contributed by atoms with Crippen LogP contribution in [-0.4, -0.2) is 36.5 Å². The van der Waals surface area contributed by atoms with Gasteiger partial charge < -0.3 is 15.2 Å². The third kappa shape index (κ3) is 6.39. The van der Waals surface area contributed by atoms with E-state index >= 15 is 0 Å². The van der Waals surface area contributed by atoms with E-state index in [4.69, 9.17) is 4.74 Å². The van der Waals surface area contributed by atoms with Crippen LogP contribution in [0.1, 0.15) is 58.8 Å². The van der Waals surface area contributed by atoms with Crippen molar-refractivity contribution in [2.24, 2.45) is 0 Å². The summed E-state index contributed by atoms with van der Waals surface area (Å²) < 4.78 is 5.42. The first-order chi connectivity index (χ1) is 8.16. The lowest BCUT2D eigenvalue weighted by molar-refractivity contribution is 0.0305. The van der Waals surface area contributed by atoms with E-state index in [1.54, 1.807) is 0 Å². The van der Waals surface area contributed by atoms with Gasteiger partial charge in [0.15, 0.2) is 0 Å². The van der Waals surface area contributed by atoms with E-state index in [2.05, 4.69) is 19.2 Å². The van der Waals surface area contributed by atoms with E-state index in [0.29, 0.717) is 13.2 Å². The Bertz CT molecular complexity index is 191. The van der Waals surface area contributed by atoms with Crippen molar-refractivity contribution in [3.8, 4) is 0 Å². The second-order valence-electron chi connectivity index (χ2n) is 5.58. The lowest BCUT2D eigenvalue weighted by Gasteiger charge is -2.35. The van der Waals surface area contributed by atoms with Gasteiger partial charge in [-0.2, -0.15) is 0 Å². The molecule has 1 fully saturated rings. The monoisotopic (exact) mass is 243 g/mol. The van der Waals surface area contributed by atoms with Gasteiger partial charge in [0.1, 0.15) is 0 Å². The molecule has 0 spiro atoms. The van der Waals surface area contributed by atoms with Crippen LogP contribution >= 0.6 is 0 Å². The molecule has 0 aliphatic heterocycles. The van der Waals surface area contributed by atoms with Crippen LogP contribution in [0.2, 0.25) is 0 Å². The number of aliphatic hydroxyl groups excluding tert-OH is 1.